The van der Waals surface area contributed by atoms with Gasteiger partial charge in [0.05, 0.1) is 36.4 Å². The van der Waals surface area contributed by atoms with Crippen LogP contribution in [0.5, 0.6) is 23.0 Å². The highest BCUT2D eigenvalue weighted by atomic mass is 32.2. The number of nitrogens with zero attached hydrogens (tertiary/aromatic N) is 3. The third-order valence-corrected chi connectivity index (χ3v) is 15.9. The number of phenols is 1. The van der Waals surface area contributed by atoms with E-state index in [2.05, 4.69) is 65.8 Å². The van der Waals surface area contributed by atoms with Crippen LogP contribution in [-0.4, -0.2) is 120 Å². The molecule has 71 heavy (non-hydrogen) atoms. The number of carboxylic acids is 1. The van der Waals surface area contributed by atoms with E-state index in [1.54, 1.807) is 27.6 Å². The number of aliphatic hydroxyl groups excluding tert-OH is 2. The maximum atomic E-state index is 14.3. The summed E-state index contributed by atoms with van der Waals surface area (Å²) in [6, 6.07) is 1.68. The van der Waals surface area contributed by atoms with Gasteiger partial charge in [-0.05, 0) is 132 Å². The molecule has 5 aliphatic heterocycles. The minimum Gasteiger partial charge on any atom is -0.508 e. The Morgan fingerprint density at radius 2 is 1.30 bits per heavy atom. The summed E-state index contributed by atoms with van der Waals surface area (Å²) in [5, 5.41) is 44.8. The van der Waals surface area contributed by atoms with E-state index in [-0.39, 0.29) is 68.3 Å². The van der Waals surface area contributed by atoms with Gasteiger partial charge < -0.3 is 49.3 Å². The van der Waals surface area contributed by atoms with Gasteiger partial charge in [0, 0.05) is 66.2 Å². The van der Waals surface area contributed by atoms with Crippen molar-refractivity contribution in [2.45, 2.75) is 175 Å². The number of carbonyl (C=O) groups is 4. The molecule has 1 saturated heterocycles. The average molecular weight is 998 g/mol. The fourth-order valence-electron chi connectivity index (χ4n) is 10.4. The smallest absolute Gasteiger partial charge is 0.415 e. The van der Waals surface area contributed by atoms with Crippen LogP contribution < -0.4 is 14.2 Å². The summed E-state index contributed by atoms with van der Waals surface area (Å²) in [7, 11) is 0. The van der Waals surface area contributed by atoms with Crippen LogP contribution in [0.4, 0.5) is 4.79 Å². The number of aliphatic carboxylic acids is 1. The Labute approximate surface area is 423 Å². The molecular formula is C56H75N3O11S. The van der Waals surface area contributed by atoms with E-state index >= 15 is 0 Å². The average Bonchev–Trinajstić information content (AvgIpc) is 3.80. The van der Waals surface area contributed by atoms with Gasteiger partial charge in [0.25, 0.3) is 11.8 Å². The second-order valence-electron chi connectivity index (χ2n) is 21.1. The standard InChI is InChI=1S/C56H75N3O11S/c1-34(2)14-9-16-36(5)18-11-21-55(7)47(61)30-40-45(60)28-38-43(49(40)69-55)33-59(52(38)64)44(53(65)66)20-13-23-58-32-42-39(51(58)63)29-46(68-54(67)57-24-26-71-27-25-57)41-31-48(62)56(8,70-50(41)42)22-12-19-37(6)17-10-15-35(3)4/h14-15,18-19,28-29,44,47-48,60-62H,9-13,16-17,20-27,30-33H2,1-8H3,(H,65,66)/b36-18+,37-19+/t44-,47-,48-,55+,56+/m0/s1. The second kappa shape index (κ2) is 22.7. The zero-order valence-electron chi connectivity index (χ0n) is 43.0. The lowest BCUT2D eigenvalue weighted by atomic mass is 9.84. The summed E-state index contributed by atoms with van der Waals surface area (Å²) in [5.74, 6) is 0.230. The van der Waals surface area contributed by atoms with Gasteiger partial charge in [-0.2, -0.15) is 11.8 Å². The van der Waals surface area contributed by atoms with Crippen LogP contribution in [0.25, 0.3) is 0 Å². The van der Waals surface area contributed by atoms with E-state index in [0.717, 1.165) is 37.2 Å². The molecule has 0 radical (unpaired) electrons. The molecule has 0 bridgehead atoms. The van der Waals surface area contributed by atoms with Crippen molar-refractivity contribution in [3.05, 3.63) is 92.1 Å². The molecule has 386 valence electrons. The number of aliphatic hydroxyl groups is 2. The predicted octanol–water partition coefficient (Wildman–Crippen LogP) is 9.84. The third kappa shape index (κ3) is 12.2. The van der Waals surface area contributed by atoms with Gasteiger partial charge in [-0.25, -0.2) is 9.59 Å². The van der Waals surface area contributed by atoms with Crippen LogP contribution in [0.15, 0.2) is 58.7 Å². The maximum absolute atomic E-state index is 14.3. The second-order valence-corrected chi connectivity index (χ2v) is 22.4. The lowest BCUT2D eigenvalue weighted by Gasteiger charge is -2.41. The molecule has 0 unspecified atom stereocenters. The molecule has 5 atom stereocenters. The summed E-state index contributed by atoms with van der Waals surface area (Å²) in [6.07, 6.45) is 13.0. The van der Waals surface area contributed by atoms with Gasteiger partial charge in [-0.3, -0.25) is 9.59 Å². The Bertz CT molecular complexity index is 2500. The molecule has 5 aliphatic rings. The van der Waals surface area contributed by atoms with Crippen LogP contribution in [0.1, 0.15) is 163 Å². The number of ether oxygens (including phenoxy) is 3. The minimum atomic E-state index is -1.25. The first-order valence-electron chi connectivity index (χ1n) is 25.5. The fourth-order valence-corrected chi connectivity index (χ4v) is 11.3. The van der Waals surface area contributed by atoms with Crippen molar-refractivity contribution >= 4 is 35.6 Å². The Balaban J connectivity index is 1.06. The van der Waals surface area contributed by atoms with Crippen LogP contribution in [0.2, 0.25) is 0 Å². The Hall–Kier alpha value is -5.25. The number of hydrogen-bond acceptors (Lipinski definition) is 11. The highest BCUT2D eigenvalue weighted by Crippen LogP contribution is 2.49. The molecule has 0 spiro atoms. The van der Waals surface area contributed by atoms with Crippen LogP contribution in [0, 0.1) is 0 Å². The molecule has 1 fully saturated rings. The van der Waals surface area contributed by atoms with Crippen molar-refractivity contribution in [1.82, 2.24) is 14.7 Å². The van der Waals surface area contributed by atoms with Crippen molar-refractivity contribution in [3.63, 3.8) is 0 Å². The largest absolute Gasteiger partial charge is 0.508 e. The Morgan fingerprint density at radius 3 is 1.86 bits per heavy atom. The summed E-state index contributed by atoms with van der Waals surface area (Å²) >= 11 is 1.76. The number of hydrogen-bond donors (Lipinski definition) is 4. The number of amides is 3. The van der Waals surface area contributed by atoms with E-state index < -0.39 is 47.4 Å². The van der Waals surface area contributed by atoms with E-state index in [0.29, 0.717) is 78.1 Å². The van der Waals surface area contributed by atoms with E-state index in [9.17, 15) is 39.6 Å². The number of phenolic OH excluding ortho intramolecular Hbond substituents is 1. The molecule has 2 aromatic carbocycles. The van der Waals surface area contributed by atoms with Crippen molar-refractivity contribution in [3.8, 4) is 23.0 Å². The predicted molar refractivity (Wildman–Crippen MR) is 276 cm³/mol. The van der Waals surface area contributed by atoms with Crippen LogP contribution in [0.3, 0.4) is 0 Å². The lowest BCUT2D eigenvalue weighted by molar-refractivity contribution is -0.142. The number of rotatable bonds is 19. The number of allylic oxidation sites excluding steroid dienone is 8. The first kappa shape index (κ1) is 53.5. The number of carboxylic acid groups (broad SMARTS) is 1. The monoisotopic (exact) mass is 998 g/mol. The molecule has 7 rings (SSSR count). The number of benzene rings is 2. The topological polar surface area (TPSA) is 187 Å². The third-order valence-electron chi connectivity index (χ3n) is 15.0. The maximum Gasteiger partial charge on any atom is 0.415 e. The van der Waals surface area contributed by atoms with Gasteiger partial charge in [-0.1, -0.05) is 46.6 Å². The molecule has 3 amide bonds. The first-order valence-corrected chi connectivity index (χ1v) is 26.6. The SMILES string of the molecule is CC(C)=CCC/C(C)=C/CC[C@@]1(C)Oc2c(c(O)cc3c2CN([C@@H](CCCN2Cc4c(cc(OC(=O)N5CCSCC5)c5c4O[C@](C)(CC/C=C(\C)CCC=C(C)C)[C@@H](O)C5)C2=O)C(=O)O)C3=O)C[C@@H]1O. The highest BCUT2D eigenvalue weighted by Gasteiger charge is 2.47. The molecule has 0 aliphatic carbocycles. The summed E-state index contributed by atoms with van der Waals surface area (Å²) in [5.41, 5.74) is 5.51. The lowest BCUT2D eigenvalue weighted by Crippen LogP contribution is -2.49. The zero-order chi connectivity index (χ0) is 51.4. The van der Waals surface area contributed by atoms with Gasteiger partial charge in [-0.15, -0.1) is 0 Å². The normalized spacial score (nSPS) is 23.3. The van der Waals surface area contributed by atoms with E-state index in [4.69, 9.17) is 14.2 Å². The number of fused-ring (bicyclic) bond motifs is 6. The Morgan fingerprint density at radius 1 is 0.761 bits per heavy atom. The first-order chi connectivity index (χ1) is 33.7. The fraction of sp³-hybridized carbons (Fsp3) is 0.571. The van der Waals surface area contributed by atoms with Gasteiger partial charge >= 0.3 is 12.1 Å². The summed E-state index contributed by atoms with van der Waals surface area (Å²) < 4.78 is 19.4. The molecule has 15 heteroatoms. The van der Waals surface area contributed by atoms with Crippen LogP contribution >= 0.6 is 11.8 Å². The van der Waals surface area contributed by atoms with Crippen molar-refractivity contribution in [1.29, 1.82) is 0 Å². The zero-order valence-corrected chi connectivity index (χ0v) is 43.8. The van der Waals surface area contributed by atoms with Gasteiger partial charge in [0.1, 0.15) is 40.2 Å². The summed E-state index contributed by atoms with van der Waals surface area (Å²) in [4.78, 5) is 59.5. The molecule has 2 aromatic rings. The van der Waals surface area contributed by atoms with Gasteiger partial charge in [0.15, 0.2) is 0 Å². The molecular weight excluding hydrogens is 923 g/mol. The Kier molecular flexibility index (Phi) is 17.1. The summed E-state index contributed by atoms with van der Waals surface area (Å²) in [6.45, 7) is 17.6. The number of thioether (sulfide) groups is 1. The minimum absolute atomic E-state index is 0.0249. The molecule has 4 N–H and O–H groups in total. The van der Waals surface area contributed by atoms with Crippen molar-refractivity contribution in [2.24, 2.45) is 0 Å². The molecule has 14 nitrogen and oxygen atoms in total. The molecule has 5 heterocycles. The van der Waals surface area contributed by atoms with Crippen molar-refractivity contribution in [2.75, 3.05) is 31.1 Å². The number of aromatic hydroxyl groups is 1. The van der Waals surface area contributed by atoms with Crippen LogP contribution in [-0.2, 0) is 30.7 Å². The molecule has 0 saturated carbocycles. The molecule has 0 aromatic heterocycles. The highest BCUT2D eigenvalue weighted by molar-refractivity contribution is 7.99. The van der Waals surface area contributed by atoms with E-state index in [1.807, 2.05) is 13.8 Å². The van der Waals surface area contributed by atoms with E-state index in [1.165, 1.54) is 33.3 Å². The van der Waals surface area contributed by atoms with Crippen molar-refractivity contribution < 1.29 is 53.8 Å². The quantitative estimate of drug-likeness (QED) is 0.0978. The number of carbonyl (C=O) groups excluding carboxylic acids is 3. The van der Waals surface area contributed by atoms with Gasteiger partial charge in [0.2, 0.25) is 0 Å².